The SMILES string of the molecule is COc1cccc(OC)c1CNC(=N)Nc1nc(-c2c(Cl)cccc2Cl)cs1. The minimum atomic E-state index is 0.0964. The summed E-state index contributed by atoms with van der Waals surface area (Å²) in [7, 11) is 3.19. The average molecular weight is 437 g/mol. The standard InChI is InChI=1S/C19H18Cl2N4O2S/c1-26-15-7-4-8-16(27-2)11(15)9-23-18(22)25-19-24-14(10-28-19)17-12(20)5-3-6-13(17)21/h3-8,10H,9H2,1-2H3,(H3,22,23,24,25). The Morgan fingerprint density at radius 3 is 2.29 bits per heavy atom. The quantitative estimate of drug-likeness (QED) is 0.362. The molecular formula is C19H18Cl2N4O2S. The first-order valence-corrected chi connectivity index (χ1v) is 9.86. The Labute approximate surface area is 176 Å². The topological polar surface area (TPSA) is 79.3 Å². The lowest BCUT2D eigenvalue weighted by atomic mass is 10.1. The molecular weight excluding hydrogens is 419 g/mol. The number of hydrogen-bond donors (Lipinski definition) is 3. The monoisotopic (exact) mass is 436 g/mol. The molecule has 0 bridgehead atoms. The van der Waals surface area contributed by atoms with Crippen LogP contribution in [0.15, 0.2) is 41.8 Å². The van der Waals surface area contributed by atoms with E-state index < -0.39 is 0 Å². The van der Waals surface area contributed by atoms with Gasteiger partial charge in [-0.2, -0.15) is 0 Å². The Hall–Kier alpha value is -2.48. The minimum Gasteiger partial charge on any atom is -0.496 e. The number of nitrogens with one attached hydrogen (secondary N) is 3. The molecule has 28 heavy (non-hydrogen) atoms. The van der Waals surface area contributed by atoms with Gasteiger partial charge in [0.2, 0.25) is 0 Å². The van der Waals surface area contributed by atoms with E-state index in [-0.39, 0.29) is 5.96 Å². The number of aromatic nitrogens is 1. The van der Waals surface area contributed by atoms with Crippen LogP contribution in [0.2, 0.25) is 10.0 Å². The average Bonchev–Trinajstić information content (AvgIpc) is 3.13. The highest BCUT2D eigenvalue weighted by atomic mass is 35.5. The molecule has 9 heteroatoms. The van der Waals surface area contributed by atoms with Gasteiger partial charge in [-0.25, -0.2) is 4.98 Å². The third-order valence-electron chi connectivity index (χ3n) is 3.93. The molecule has 0 aliphatic rings. The molecule has 0 amide bonds. The van der Waals surface area contributed by atoms with Crippen molar-refractivity contribution in [2.45, 2.75) is 6.54 Å². The van der Waals surface area contributed by atoms with Crippen LogP contribution < -0.4 is 20.1 Å². The Kier molecular flexibility index (Phi) is 6.61. The first-order valence-electron chi connectivity index (χ1n) is 8.22. The van der Waals surface area contributed by atoms with E-state index >= 15 is 0 Å². The number of nitrogens with zero attached hydrogens (tertiary/aromatic N) is 1. The van der Waals surface area contributed by atoms with Crippen molar-refractivity contribution in [3.8, 4) is 22.8 Å². The number of halogens is 2. The fourth-order valence-electron chi connectivity index (χ4n) is 2.62. The van der Waals surface area contributed by atoms with Gasteiger partial charge in [0.1, 0.15) is 11.5 Å². The second-order valence-corrected chi connectivity index (χ2v) is 7.30. The predicted molar refractivity (Wildman–Crippen MR) is 115 cm³/mol. The summed E-state index contributed by atoms with van der Waals surface area (Å²) in [6.45, 7) is 0.355. The molecule has 3 aromatic rings. The molecule has 0 spiro atoms. The van der Waals surface area contributed by atoms with E-state index in [0.29, 0.717) is 44.5 Å². The molecule has 0 radical (unpaired) electrons. The zero-order valence-corrected chi connectivity index (χ0v) is 17.5. The van der Waals surface area contributed by atoms with Crippen LogP contribution in [-0.4, -0.2) is 25.2 Å². The van der Waals surface area contributed by atoms with Crippen molar-refractivity contribution in [2.24, 2.45) is 0 Å². The molecule has 2 aromatic carbocycles. The molecule has 146 valence electrons. The predicted octanol–water partition coefficient (Wildman–Crippen LogP) is 5.27. The minimum absolute atomic E-state index is 0.0964. The molecule has 0 unspecified atom stereocenters. The van der Waals surface area contributed by atoms with Gasteiger partial charge in [-0.05, 0) is 24.3 Å². The van der Waals surface area contributed by atoms with E-state index in [4.69, 9.17) is 38.1 Å². The lowest BCUT2D eigenvalue weighted by molar-refractivity contribution is 0.384. The van der Waals surface area contributed by atoms with Crippen molar-refractivity contribution in [1.82, 2.24) is 10.3 Å². The van der Waals surface area contributed by atoms with Gasteiger partial charge < -0.3 is 20.1 Å². The third kappa shape index (κ3) is 4.49. The third-order valence-corrected chi connectivity index (χ3v) is 5.31. The van der Waals surface area contributed by atoms with Gasteiger partial charge in [-0.3, -0.25) is 5.41 Å². The number of guanidine groups is 1. The van der Waals surface area contributed by atoms with Crippen molar-refractivity contribution in [3.05, 3.63) is 57.4 Å². The first kappa shape index (κ1) is 20.3. The van der Waals surface area contributed by atoms with Gasteiger partial charge in [-0.15, -0.1) is 11.3 Å². The normalized spacial score (nSPS) is 10.4. The van der Waals surface area contributed by atoms with E-state index in [1.165, 1.54) is 11.3 Å². The van der Waals surface area contributed by atoms with Crippen molar-refractivity contribution < 1.29 is 9.47 Å². The molecule has 3 rings (SSSR count). The van der Waals surface area contributed by atoms with Crippen molar-refractivity contribution in [3.63, 3.8) is 0 Å². The molecule has 6 nitrogen and oxygen atoms in total. The Balaban J connectivity index is 1.68. The summed E-state index contributed by atoms with van der Waals surface area (Å²) in [5, 5.41) is 17.5. The zero-order chi connectivity index (χ0) is 20.1. The molecule has 1 aromatic heterocycles. The Bertz CT molecular complexity index is 951. The number of anilines is 1. The highest BCUT2D eigenvalue weighted by Gasteiger charge is 2.14. The number of methoxy groups -OCH3 is 2. The summed E-state index contributed by atoms with van der Waals surface area (Å²) >= 11 is 13.8. The highest BCUT2D eigenvalue weighted by Crippen LogP contribution is 2.36. The number of thiazole rings is 1. The van der Waals surface area contributed by atoms with Crippen LogP contribution in [0.3, 0.4) is 0 Å². The van der Waals surface area contributed by atoms with Crippen LogP contribution in [-0.2, 0) is 6.54 Å². The highest BCUT2D eigenvalue weighted by molar-refractivity contribution is 7.14. The largest absolute Gasteiger partial charge is 0.496 e. The summed E-state index contributed by atoms with van der Waals surface area (Å²) in [6, 6.07) is 10.8. The van der Waals surface area contributed by atoms with Crippen LogP contribution in [0.4, 0.5) is 5.13 Å². The molecule has 1 heterocycles. The fraction of sp³-hybridized carbons (Fsp3) is 0.158. The molecule has 0 saturated carbocycles. The van der Waals surface area contributed by atoms with Gasteiger partial charge in [0, 0.05) is 10.9 Å². The van der Waals surface area contributed by atoms with E-state index in [0.717, 1.165) is 5.56 Å². The maximum atomic E-state index is 8.14. The fourth-order valence-corrected chi connectivity index (χ4v) is 3.92. The summed E-state index contributed by atoms with van der Waals surface area (Å²) in [5.41, 5.74) is 2.15. The molecule has 0 aliphatic heterocycles. The van der Waals surface area contributed by atoms with E-state index in [9.17, 15) is 0 Å². The summed E-state index contributed by atoms with van der Waals surface area (Å²) in [6.07, 6.45) is 0. The van der Waals surface area contributed by atoms with Crippen LogP contribution in [0.5, 0.6) is 11.5 Å². The Morgan fingerprint density at radius 1 is 1.07 bits per heavy atom. The smallest absolute Gasteiger partial charge is 0.195 e. The van der Waals surface area contributed by atoms with Gasteiger partial charge in [-0.1, -0.05) is 35.3 Å². The van der Waals surface area contributed by atoms with Gasteiger partial charge in [0.05, 0.1) is 42.1 Å². The number of rotatable bonds is 6. The lowest BCUT2D eigenvalue weighted by Gasteiger charge is -2.14. The van der Waals surface area contributed by atoms with Crippen LogP contribution >= 0.6 is 34.5 Å². The zero-order valence-electron chi connectivity index (χ0n) is 15.2. The van der Waals surface area contributed by atoms with Crippen LogP contribution in [0.25, 0.3) is 11.3 Å². The van der Waals surface area contributed by atoms with Crippen LogP contribution in [0.1, 0.15) is 5.56 Å². The van der Waals surface area contributed by atoms with Crippen LogP contribution in [0, 0.1) is 5.41 Å². The van der Waals surface area contributed by atoms with Gasteiger partial charge >= 0.3 is 0 Å². The number of ether oxygens (including phenoxy) is 2. The van der Waals surface area contributed by atoms with Gasteiger partial charge in [0.15, 0.2) is 11.1 Å². The summed E-state index contributed by atoms with van der Waals surface area (Å²) in [5.74, 6) is 1.47. The summed E-state index contributed by atoms with van der Waals surface area (Å²) < 4.78 is 10.7. The molecule has 0 atom stereocenters. The lowest BCUT2D eigenvalue weighted by Crippen LogP contribution is -2.29. The van der Waals surface area contributed by atoms with E-state index in [1.807, 2.05) is 23.6 Å². The van der Waals surface area contributed by atoms with Crippen molar-refractivity contribution in [1.29, 1.82) is 5.41 Å². The van der Waals surface area contributed by atoms with Crippen molar-refractivity contribution >= 4 is 45.6 Å². The maximum absolute atomic E-state index is 8.14. The maximum Gasteiger partial charge on any atom is 0.195 e. The summed E-state index contributed by atoms with van der Waals surface area (Å²) in [4.78, 5) is 4.47. The molecule has 0 saturated heterocycles. The number of hydrogen-bond acceptors (Lipinski definition) is 5. The molecule has 0 aliphatic carbocycles. The number of benzene rings is 2. The van der Waals surface area contributed by atoms with E-state index in [2.05, 4.69) is 15.6 Å². The second kappa shape index (κ2) is 9.14. The van der Waals surface area contributed by atoms with E-state index in [1.54, 1.807) is 32.4 Å². The van der Waals surface area contributed by atoms with Gasteiger partial charge in [0.25, 0.3) is 0 Å². The first-order chi connectivity index (χ1) is 13.5. The Morgan fingerprint density at radius 2 is 1.68 bits per heavy atom. The molecule has 3 N–H and O–H groups in total. The molecule has 0 fully saturated rings. The second-order valence-electron chi connectivity index (χ2n) is 5.63. The van der Waals surface area contributed by atoms with Crippen molar-refractivity contribution in [2.75, 3.05) is 19.5 Å².